The Morgan fingerprint density at radius 3 is 1.81 bits per heavy atom. The van der Waals surface area contributed by atoms with Crippen LogP contribution >= 0.6 is 0 Å². The van der Waals surface area contributed by atoms with Gasteiger partial charge in [0.25, 0.3) is 0 Å². The largest absolute Gasteiger partial charge is 0.0622 e. The molecule has 0 fully saturated rings. The molecule has 1 aliphatic rings. The molecule has 1 aliphatic carbocycles. The molecule has 0 amide bonds. The Kier molecular flexibility index (Phi) is 4.07. The summed E-state index contributed by atoms with van der Waals surface area (Å²) in [4.78, 5) is 0. The van der Waals surface area contributed by atoms with Gasteiger partial charge < -0.3 is 0 Å². The number of fused-ring (bicyclic) bond motifs is 3. The van der Waals surface area contributed by atoms with Crippen LogP contribution in [-0.2, 0) is 17.3 Å². The van der Waals surface area contributed by atoms with Crippen molar-refractivity contribution >= 4 is 0 Å². The van der Waals surface area contributed by atoms with Gasteiger partial charge in [-0.1, -0.05) is 102 Å². The van der Waals surface area contributed by atoms with Crippen LogP contribution in [0.3, 0.4) is 0 Å². The molecule has 0 bridgehead atoms. The van der Waals surface area contributed by atoms with Crippen molar-refractivity contribution in [2.75, 3.05) is 0 Å². The Bertz CT molecular complexity index is 993. The zero-order valence-corrected chi connectivity index (χ0v) is 17.5. The Morgan fingerprint density at radius 2 is 1.19 bits per heavy atom. The second kappa shape index (κ2) is 6.09. The first-order valence-corrected chi connectivity index (χ1v) is 10.0. The molecule has 0 aromatic heterocycles. The van der Waals surface area contributed by atoms with Gasteiger partial charge in [-0.2, -0.15) is 0 Å². The van der Waals surface area contributed by atoms with Gasteiger partial charge in [0, 0.05) is 0 Å². The van der Waals surface area contributed by atoms with Crippen LogP contribution in [0, 0.1) is 0 Å². The summed E-state index contributed by atoms with van der Waals surface area (Å²) in [6, 6.07) is 22.8. The summed E-state index contributed by atoms with van der Waals surface area (Å²) in [7, 11) is 0. The maximum atomic E-state index is 2.44. The molecule has 0 radical (unpaired) electrons. The molecule has 0 atom stereocenters. The van der Waals surface area contributed by atoms with Gasteiger partial charge in [-0.3, -0.25) is 0 Å². The van der Waals surface area contributed by atoms with Crippen LogP contribution in [-0.4, -0.2) is 0 Å². The standard InChI is InChI=1S/C27H30/c1-26(2,3)20-13-12-19-14-24-22(18-10-8-7-9-11-18)16-21(27(4,5)6)17-25(24)23(19)15-20/h7-13,15-17H,14H2,1-6H3. The molecule has 0 heteroatoms. The van der Waals surface area contributed by atoms with E-state index in [1.165, 1.54) is 44.5 Å². The third-order valence-corrected chi connectivity index (χ3v) is 5.83. The molecule has 0 aliphatic heterocycles. The molecule has 3 aromatic rings. The molecule has 27 heavy (non-hydrogen) atoms. The second-order valence-electron chi connectivity index (χ2n) is 9.96. The van der Waals surface area contributed by atoms with Gasteiger partial charge >= 0.3 is 0 Å². The SMILES string of the molecule is CC(C)(C)c1ccc2c(c1)-c1cc(C(C)(C)C)cc(-c3ccccc3)c1C2. The van der Waals surface area contributed by atoms with E-state index in [1.807, 2.05) is 0 Å². The smallest absolute Gasteiger partial charge is 0.000728 e. The Morgan fingerprint density at radius 1 is 0.593 bits per heavy atom. The highest BCUT2D eigenvalue weighted by Crippen LogP contribution is 2.45. The van der Waals surface area contributed by atoms with Gasteiger partial charge in [0.05, 0.1) is 0 Å². The molecular formula is C27H30. The fourth-order valence-electron chi connectivity index (χ4n) is 4.05. The van der Waals surface area contributed by atoms with Crippen molar-refractivity contribution in [3.8, 4) is 22.3 Å². The monoisotopic (exact) mass is 354 g/mol. The van der Waals surface area contributed by atoms with E-state index in [1.54, 1.807) is 0 Å². The summed E-state index contributed by atoms with van der Waals surface area (Å²) < 4.78 is 0. The average Bonchev–Trinajstić information content (AvgIpc) is 2.98. The first-order chi connectivity index (χ1) is 12.6. The highest BCUT2D eigenvalue weighted by molar-refractivity contribution is 5.86. The predicted octanol–water partition coefficient (Wildman–Crippen LogP) is 7.52. The summed E-state index contributed by atoms with van der Waals surface area (Å²) in [6.07, 6.45) is 1.03. The molecule has 0 heterocycles. The molecule has 0 nitrogen and oxygen atoms in total. The van der Waals surface area contributed by atoms with E-state index in [9.17, 15) is 0 Å². The van der Waals surface area contributed by atoms with E-state index in [2.05, 4.69) is 102 Å². The zero-order valence-electron chi connectivity index (χ0n) is 17.5. The van der Waals surface area contributed by atoms with Crippen LogP contribution in [0.25, 0.3) is 22.3 Å². The van der Waals surface area contributed by atoms with Gasteiger partial charge in [0.2, 0.25) is 0 Å². The van der Waals surface area contributed by atoms with Crippen LogP contribution in [0.15, 0.2) is 60.7 Å². The van der Waals surface area contributed by atoms with Crippen molar-refractivity contribution in [2.24, 2.45) is 0 Å². The fraction of sp³-hybridized carbons (Fsp3) is 0.333. The van der Waals surface area contributed by atoms with Crippen molar-refractivity contribution in [1.82, 2.24) is 0 Å². The van der Waals surface area contributed by atoms with Crippen LogP contribution < -0.4 is 0 Å². The highest BCUT2D eigenvalue weighted by Gasteiger charge is 2.27. The quantitative estimate of drug-likeness (QED) is 0.331. The molecule has 4 rings (SSSR count). The lowest BCUT2D eigenvalue weighted by Gasteiger charge is -2.23. The minimum atomic E-state index is 0.128. The van der Waals surface area contributed by atoms with Gasteiger partial charge in [-0.25, -0.2) is 0 Å². The van der Waals surface area contributed by atoms with E-state index in [0.717, 1.165) is 6.42 Å². The van der Waals surface area contributed by atoms with E-state index >= 15 is 0 Å². The normalized spacial score (nSPS) is 13.4. The minimum absolute atomic E-state index is 0.128. The van der Waals surface area contributed by atoms with Gasteiger partial charge in [-0.15, -0.1) is 0 Å². The van der Waals surface area contributed by atoms with Gasteiger partial charge in [0.1, 0.15) is 0 Å². The zero-order chi connectivity index (χ0) is 19.4. The summed E-state index contributed by atoms with van der Waals surface area (Å²) in [5, 5.41) is 0. The Hall–Kier alpha value is -2.34. The Labute approximate surface area is 164 Å². The number of rotatable bonds is 1. The topological polar surface area (TPSA) is 0 Å². The highest BCUT2D eigenvalue weighted by atomic mass is 14.3. The van der Waals surface area contributed by atoms with Gasteiger partial charge in [-0.05, 0) is 61.8 Å². The first kappa shape index (κ1) is 18.0. The lowest BCUT2D eigenvalue weighted by atomic mass is 9.81. The number of hydrogen-bond acceptors (Lipinski definition) is 0. The van der Waals surface area contributed by atoms with Crippen LogP contribution in [0.5, 0.6) is 0 Å². The molecule has 0 spiro atoms. The van der Waals surface area contributed by atoms with Crippen molar-refractivity contribution in [1.29, 1.82) is 0 Å². The maximum Gasteiger partial charge on any atom is -0.000728 e. The number of benzene rings is 3. The first-order valence-electron chi connectivity index (χ1n) is 10.0. The molecular weight excluding hydrogens is 324 g/mol. The van der Waals surface area contributed by atoms with Crippen LogP contribution in [0.4, 0.5) is 0 Å². The summed E-state index contributed by atoms with van der Waals surface area (Å²) in [5.74, 6) is 0. The summed E-state index contributed by atoms with van der Waals surface area (Å²) in [6.45, 7) is 13.8. The average molecular weight is 355 g/mol. The van der Waals surface area contributed by atoms with Crippen molar-refractivity contribution in [3.63, 3.8) is 0 Å². The third kappa shape index (κ3) is 3.23. The van der Waals surface area contributed by atoms with Crippen LogP contribution in [0.2, 0.25) is 0 Å². The lowest BCUT2D eigenvalue weighted by molar-refractivity contribution is 0.589. The molecule has 0 saturated carbocycles. The van der Waals surface area contributed by atoms with Gasteiger partial charge in [0.15, 0.2) is 0 Å². The Balaban J connectivity index is 1.98. The predicted molar refractivity (Wildman–Crippen MR) is 118 cm³/mol. The summed E-state index contributed by atoms with van der Waals surface area (Å²) >= 11 is 0. The van der Waals surface area contributed by atoms with E-state index in [-0.39, 0.29) is 10.8 Å². The van der Waals surface area contributed by atoms with Crippen molar-refractivity contribution in [3.05, 3.63) is 82.9 Å². The molecule has 138 valence electrons. The van der Waals surface area contributed by atoms with Crippen molar-refractivity contribution < 1.29 is 0 Å². The summed E-state index contributed by atoms with van der Waals surface area (Å²) in [5.41, 5.74) is 11.6. The maximum absolute atomic E-state index is 2.44. The lowest BCUT2D eigenvalue weighted by Crippen LogP contribution is -2.12. The van der Waals surface area contributed by atoms with E-state index in [4.69, 9.17) is 0 Å². The van der Waals surface area contributed by atoms with Crippen LogP contribution in [0.1, 0.15) is 63.8 Å². The molecule has 0 unspecified atom stereocenters. The molecule has 0 N–H and O–H groups in total. The third-order valence-electron chi connectivity index (χ3n) is 5.83. The molecule has 3 aromatic carbocycles. The molecule has 0 saturated heterocycles. The van der Waals surface area contributed by atoms with E-state index in [0.29, 0.717) is 0 Å². The number of hydrogen-bond donors (Lipinski definition) is 0. The van der Waals surface area contributed by atoms with Crippen molar-refractivity contribution in [2.45, 2.75) is 58.8 Å². The second-order valence-corrected chi connectivity index (χ2v) is 9.96. The van der Waals surface area contributed by atoms with E-state index < -0.39 is 0 Å². The fourth-order valence-corrected chi connectivity index (χ4v) is 4.05. The minimum Gasteiger partial charge on any atom is -0.0622 e.